The molecule has 8 heteroatoms. The Balaban J connectivity index is 1.38. The molecule has 2 fully saturated rings. The van der Waals surface area contributed by atoms with Crippen LogP contribution in [0.2, 0.25) is 0 Å². The van der Waals surface area contributed by atoms with Gasteiger partial charge in [0.25, 0.3) is 5.56 Å². The summed E-state index contributed by atoms with van der Waals surface area (Å²) in [7, 11) is 3.80. The Morgan fingerprint density at radius 1 is 1.13 bits per heavy atom. The van der Waals surface area contributed by atoms with Crippen LogP contribution in [0.3, 0.4) is 0 Å². The molecule has 0 amide bonds. The molecule has 1 saturated heterocycles. The van der Waals surface area contributed by atoms with Crippen LogP contribution in [0.4, 0.5) is 5.95 Å². The summed E-state index contributed by atoms with van der Waals surface area (Å²) in [4.78, 5) is 26.1. The molecule has 1 saturated carbocycles. The van der Waals surface area contributed by atoms with Crippen LogP contribution in [0.25, 0.3) is 11.0 Å². The van der Waals surface area contributed by atoms with E-state index in [1.165, 1.54) is 24.6 Å². The lowest BCUT2D eigenvalue weighted by atomic mass is 9.74. The van der Waals surface area contributed by atoms with E-state index in [1.807, 2.05) is 37.0 Å². The van der Waals surface area contributed by atoms with Crippen molar-refractivity contribution in [1.82, 2.24) is 19.1 Å². The fourth-order valence-electron chi connectivity index (χ4n) is 5.16. The zero-order valence-corrected chi connectivity index (χ0v) is 18.4. The van der Waals surface area contributed by atoms with Crippen molar-refractivity contribution in [3.05, 3.63) is 41.1 Å². The van der Waals surface area contributed by atoms with Crippen molar-refractivity contribution in [2.24, 2.45) is 25.2 Å². The largest absolute Gasteiger partial charge is 0.342 e. The lowest BCUT2D eigenvalue weighted by Gasteiger charge is -2.42. The van der Waals surface area contributed by atoms with E-state index < -0.39 is 0 Å². The molecule has 1 atom stereocenters. The van der Waals surface area contributed by atoms with Gasteiger partial charge in [0.05, 0.1) is 11.1 Å². The summed E-state index contributed by atoms with van der Waals surface area (Å²) in [5.74, 6) is 0.755. The third-order valence-electron chi connectivity index (χ3n) is 7.08. The number of hydrogen-bond donors (Lipinski definition) is 1. The van der Waals surface area contributed by atoms with E-state index in [2.05, 4.69) is 9.88 Å². The number of anilines is 1. The lowest BCUT2D eigenvalue weighted by Crippen LogP contribution is -2.48. The van der Waals surface area contributed by atoms with Crippen molar-refractivity contribution in [2.75, 3.05) is 18.0 Å². The Hall–Kier alpha value is -2.32. The van der Waals surface area contributed by atoms with Gasteiger partial charge in [-0.05, 0) is 43.2 Å². The molecule has 0 unspecified atom stereocenters. The summed E-state index contributed by atoms with van der Waals surface area (Å²) < 4.78 is 3.68. The Morgan fingerprint density at radius 3 is 2.67 bits per heavy atom. The van der Waals surface area contributed by atoms with Crippen LogP contribution in [0, 0.1) is 5.41 Å². The van der Waals surface area contributed by atoms with Crippen molar-refractivity contribution in [3.8, 4) is 0 Å². The maximum absolute atomic E-state index is 13.1. The van der Waals surface area contributed by atoms with Crippen molar-refractivity contribution in [1.29, 1.82) is 0 Å². The van der Waals surface area contributed by atoms with E-state index in [-0.39, 0.29) is 5.56 Å². The average Bonchev–Trinajstić information content (AvgIpc) is 3.30. The van der Waals surface area contributed by atoms with Crippen LogP contribution in [0.5, 0.6) is 0 Å². The Morgan fingerprint density at radius 2 is 1.93 bits per heavy atom. The van der Waals surface area contributed by atoms with Gasteiger partial charge in [-0.15, -0.1) is 0 Å². The van der Waals surface area contributed by atoms with E-state index >= 15 is 0 Å². The first-order valence-electron chi connectivity index (χ1n) is 10.6. The van der Waals surface area contributed by atoms with Crippen LogP contribution in [0.1, 0.15) is 32.1 Å². The van der Waals surface area contributed by atoms with Crippen LogP contribution < -0.4 is 16.2 Å². The smallest absolute Gasteiger partial charge is 0.268 e. The van der Waals surface area contributed by atoms with Crippen molar-refractivity contribution in [3.63, 3.8) is 0 Å². The number of nitrogens with two attached hydrogens (primary N) is 1. The standard InChI is InChI=1S/C22H28N6OS/c1-26-11-6-15-16(5-10-24-19(15)26)30-17-14-25-21(27(2)20(17)29)28-12-8-22(9-13-28)7-3-4-18(22)23/h5-6,10-11,14,18H,3-4,7-9,12-13,23H2,1-2H3/t18-/m1/s1. The Labute approximate surface area is 180 Å². The SMILES string of the molecule is Cn1c(N2CCC3(CCC[C@H]3N)CC2)ncc(Sc2ccnc3c2ccn3C)c1=O. The lowest BCUT2D eigenvalue weighted by molar-refractivity contribution is 0.196. The molecule has 2 N–H and O–H groups in total. The molecule has 30 heavy (non-hydrogen) atoms. The van der Waals surface area contributed by atoms with Gasteiger partial charge in [-0.2, -0.15) is 0 Å². The average molecular weight is 425 g/mol. The molecule has 0 radical (unpaired) electrons. The molecule has 5 rings (SSSR count). The fraction of sp³-hybridized carbons (Fsp3) is 0.500. The van der Waals surface area contributed by atoms with Crippen molar-refractivity contribution < 1.29 is 0 Å². The minimum Gasteiger partial charge on any atom is -0.342 e. The third-order valence-corrected chi connectivity index (χ3v) is 8.15. The predicted octanol–water partition coefficient (Wildman–Crippen LogP) is 2.92. The summed E-state index contributed by atoms with van der Waals surface area (Å²) in [6, 6.07) is 4.31. The van der Waals surface area contributed by atoms with Crippen LogP contribution in [-0.4, -0.2) is 38.2 Å². The first-order valence-corrected chi connectivity index (χ1v) is 11.4. The highest BCUT2D eigenvalue weighted by Crippen LogP contribution is 2.45. The van der Waals surface area contributed by atoms with Gasteiger partial charge in [-0.25, -0.2) is 9.97 Å². The van der Waals surface area contributed by atoms with Gasteiger partial charge >= 0.3 is 0 Å². The van der Waals surface area contributed by atoms with E-state index in [1.54, 1.807) is 17.0 Å². The zero-order valence-electron chi connectivity index (χ0n) is 17.5. The summed E-state index contributed by atoms with van der Waals surface area (Å²) >= 11 is 1.46. The van der Waals surface area contributed by atoms with Gasteiger partial charge in [-0.1, -0.05) is 18.2 Å². The normalized spacial score (nSPS) is 21.0. The molecule has 4 heterocycles. The first-order chi connectivity index (χ1) is 14.5. The molecule has 1 aliphatic carbocycles. The molecule has 0 bridgehead atoms. The second-order valence-electron chi connectivity index (χ2n) is 8.71. The number of aromatic nitrogens is 4. The molecule has 0 aromatic carbocycles. The summed E-state index contributed by atoms with van der Waals surface area (Å²) in [6.07, 6.45) is 11.3. The number of pyridine rings is 1. The monoisotopic (exact) mass is 424 g/mol. The van der Waals surface area contributed by atoms with E-state index in [4.69, 9.17) is 10.7 Å². The first kappa shape index (κ1) is 19.6. The molecule has 2 aliphatic rings. The van der Waals surface area contributed by atoms with Gasteiger partial charge in [0.1, 0.15) is 5.65 Å². The topological polar surface area (TPSA) is 82.0 Å². The van der Waals surface area contributed by atoms with E-state index in [9.17, 15) is 4.79 Å². The molecule has 3 aromatic rings. The summed E-state index contributed by atoms with van der Waals surface area (Å²) in [6.45, 7) is 1.82. The zero-order chi connectivity index (χ0) is 20.9. The molecule has 3 aromatic heterocycles. The van der Waals surface area contributed by atoms with Gasteiger partial charge < -0.3 is 15.2 Å². The molecular formula is C22H28N6OS. The number of hydrogen-bond acceptors (Lipinski definition) is 6. The number of aryl methyl sites for hydroxylation is 1. The predicted molar refractivity (Wildman–Crippen MR) is 120 cm³/mol. The molecule has 7 nitrogen and oxygen atoms in total. The number of piperidine rings is 1. The van der Waals surface area contributed by atoms with Gasteiger partial charge in [0.2, 0.25) is 5.95 Å². The highest BCUT2D eigenvalue weighted by molar-refractivity contribution is 7.99. The quantitative estimate of drug-likeness (QED) is 0.696. The van der Waals surface area contributed by atoms with Crippen LogP contribution >= 0.6 is 11.8 Å². The summed E-state index contributed by atoms with van der Waals surface area (Å²) in [5.41, 5.74) is 7.62. The molecular weight excluding hydrogens is 396 g/mol. The minimum atomic E-state index is -0.0104. The maximum atomic E-state index is 13.1. The Kier molecular flexibility index (Phi) is 4.86. The molecule has 1 spiro atoms. The molecule has 158 valence electrons. The maximum Gasteiger partial charge on any atom is 0.268 e. The van der Waals surface area contributed by atoms with Crippen LogP contribution in [0.15, 0.2) is 45.3 Å². The number of fused-ring (bicyclic) bond motifs is 1. The Bertz CT molecular complexity index is 1140. The van der Waals surface area contributed by atoms with Gasteiger partial charge in [-0.3, -0.25) is 9.36 Å². The summed E-state index contributed by atoms with van der Waals surface area (Å²) in [5, 5.41) is 1.05. The van der Waals surface area contributed by atoms with Crippen LogP contribution in [-0.2, 0) is 14.1 Å². The second-order valence-corrected chi connectivity index (χ2v) is 9.79. The number of rotatable bonds is 3. The fourth-order valence-corrected chi connectivity index (χ4v) is 6.13. The van der Waals surface area contributed by atoms with E-state index in [0.717, 1.165) is 54.2 Å². The van der Waals surface area contributed by atoms with E-state index in [0.29, 0.717) is 16.4 Å². The van der Waals surface area contributed by atoms with Gasteiger partial charge in [0, 0.05) is 55.9 Å². The number of nitrogens with zero attached hydrogens (tertiary/aromatic N) is 5. The highest BCUT2D eigenvalue weighted by atomic mass is 32.2. The minimum absolute atomic E-state index is 0.0104. The third kappa shape index (κ3) is 3.13. The van der Waals surface area contributed by atoms with Crippen molar-refractivity contribution in [2.45, 2.75) is 47.9 Å². The van der Waals surface area contributed by atoms with Gasteiger partial charge in [0.15, 0.2) is 0 Å². The highest BCUT2D eigenvalue weighted by Gasteiger charge is 2.43. The molecule has 1 aliphatic heterocycles. The van der Waals surface area contributed by atoms with Crippen molar-refractivity contribution >= 4 is 28.7 Å². The second kappa shape index (κ2) is 7.42.